The summed E-state index contributed by atoms with van der Waals surface area (Å²) in [4.78, 5) is 13.3. The zero-order chi connectivity index (χ0) is 13.2. The number of ether oxygens (including phenoxy) is 1. The largest absolute Gasteiger partial charge is 0.482 e. The van der Waals surface area contributed by atoms with Gasteiger partial charge in [0.05, 0.1) is 5.69 Å². The fourth-order valence-corrected chi connectivity index (χ4v) is 2.82. The van der Waals surface area contributed by atoms with Gasteiger partial charge in [0.1, 0.15) is 5.75 Å². The van der Waals surface area contributed by atoms with Crippen LogP contribution in [0.15, 0.2) is 18.2 Å². The second-order valence-electron chi connectivity index (χ2n) is 5.41. The first-order valence-electron chi connectivity index (χ1n) is 7.00. The third kappa shape index (κ3) is 2.59. The molecule has 0 aromatic heterocycles. The van der Waals surface area contributed by atoms with Crippen molar-refractivity contribution in [3.8, 4) is 5.75 Å². The smallest absolute Gasteiger partial charge is 0.264 e. The van der Waals surface area contributed by atoms with Crippen molar-refractivity contribution < 1.29 is 9.53 Å². The van der Waals surface area contributed by atoms with Crippen LogP contribution in [0, 0.1) is 0 Å². The molecule has 2 aliphatic rings. The van der Waals surface area contributed by atoms with E-state index in [9.17, 15) is 4.79 Å². The van der Waals surface area contributed by atoms with E-state index in [1.165, 1.54) is 31.2 Å². The van der Waals surface area contributed by atoms with Gasteiger partial charge < -0.3 is 15.0 Å². The lowest BCUT2D eigenvalue weighted by Crippen LogP contribution is -2.35. The highest BCUT2D eigenvalue weighted by Crippen LogP contribution is 2.32. The van der Waals surface area contributed by atoms with Gasteiger partial charge in [-0.05, 0) is 30.5 Å². The lowest BCUT2D eigenvalue weighted by molar-refractivity contribution is -0.120. The minimum absolute atomic E-state index is 0.00778. The standard InChI is InChI=1S/C15H20N2O2/c1-17-13-8-11(9-16-12-4-2-3-5-12)6-7-14(13)19-10-15(17)18/h6-8,12,16H,2-5,9-10H2,1H3. The van der Waals surface area contributed by atoms with Gasteiger partial charge >= 0.3 is 0 Å². The van der Waals surface area contributed by atoms with Crippen LogP contribution in [0.1, 0.15) is 31.2 Å². The zero-order valence-corrected chi connectivity index (χ0v) is 11.3. The first kappa shape index (κ1) is 12.5. The molecule has 0 unspecified atom stereocenters. The van der Waals surface area contributed by atoms with Crippen LogP contribution < -0.4 is 15.0 Å². The number of amides is 1. The fraction of sp³-hybridized carbons (Fsp3) is 0.533. The maximum absolute atomic E-state index is 11.6. The average Bonchev–Trinajstić information content (AvgIpc) is 2.94. The van der Waals surface area contributed by atoms with Crippen molar-refractivity contribution in [2.75, 3.05) is 18.6 Å². The number of carbonyl (C=O) groups excluding carboxylic acids is 1. The van der Waals surface area contributed by atoms with Crippen LogP contribution >= 0.6 is 0 Å². The van der Waals surface area contributed by atoms with Gasteiger partial charge in [-0.15, -0.1) is 0 Å². The van der Waals surface area contributed by atoms with Crippen LogP contribution in [-0.4, -0.2) is 25.6 Å². The Morgan fingerprint density at radius 2 is 2.16 bits per heavy atom. The normalized spacial score (nSPS) is 19.4. The third-order valence-corrected chi connectivity index (χ3v) is 4.06. The highest BCUT2D eigenvalue weighted by molar-refractivity contribution is 5.97. The number of likely N-dealkylation sites (N-methyl/N-ethyl adjacent to an activating group) is 1. The van der Waals surface area contributed by atoms with E-state index < -0.39 is 0 Å². The van der Waals surface area contributed by atoms with Gasteiger partial charge in [0, 0.05) is 19.6 Å². The molecule has 0 radical (unpaired) electrons. The van der Waals surface area contributed by atoms with Crippen LogP contribution in [0.3, 0.4) is 0 Å². The molecule has 1 aromatic rings. The lowest BCUT2D eigenvalue weighted by Gasteiger charge is -2.26. The number of hydrogen-bond acceptors (Lipinski definition) is 3. The van der Waals surface area contributed by atoms with Crippen molar-refractivity contribution in [1.29, 1.82) is 0 Å². The molecule has 4 nitrogen and oxygen atoms in total. The summed E-state index contributed by atoms with van der Waals surface area (Å²) in [7, 11) is 1.80. The van der Waals surface area contributed by atoms with E-state index in [1.807, 2.05) is 12.1 Å². The molecule has 1 aliphatic carbocycles. The summed E-state index contributed by atoms with van der Waals surface area (Å²) < 4.78 is 5.43. The Bertz CT molecular complexity index is 481. The van der Waals surface area contributed by atoms with Crippen LogP contribution in [0.5, 0.6) is 5.75 Å². The molecule has 1 N–H and O–H groups in total. The molecule has 4 heteroatoms. The van der Waals surface area contributed by atoms with Crippen LogP contribution in [0.4, 0.5) is 5.69 Å². The molecule has 0 bridgehead atoms. The first-order chi connectivity index (χ1) is 9.24. The summed E-state index contributed by atoms with van der Waals surface area (Å²) >= 11 is 0. The Labute approximate surface area is 113 Å². The molecule has 0 saturated heterocycles. The number of hydrogen-bond donors (Lipinski definition) is 1. The predicted molar refractivity (Wildman–Crippen MR) is 74.4 cm³/mol. The highest BCUT2D eigenvalue weighted by Gasteiger charge is 2.22. The fourth-order valence-electron chi connectivity index (χ4n) is 2.82. The Balaban J connectivity index is 1.71. The van der Waals surface area contributed by atoms with Gasteiger partial charge in [-0.2, -0.15) is 0 Å². The lowest BCUT2D eigenvalue weighted by atomic mass is 10.1. The molecule has 1 aromatic carbocycles. The average molecular weight is 260 g/mol. The van der Waals surface area contributed by atoms with Gasteiger partial charge in [0.25, 0.3) is 5.91 Å². The molecule has 0 spiro atoms. The molecular weight excluding hydrogens is 240 g/mol. The molecule has 3 rings (SSSR count). The Hall–Kier alpha value is -1.55. The minimum atomic E-state index is 0.00778. The van der Waals surface area contributed by atoms with Crippen molar-refractivity contribution in [1.82, 2.24) is 5.32 Å². The van der Waals surface area contributed by atoms with Crippen LogP contribution in [0.2, 0.25) is 0 Å². The van der Waals surface area contributed by atoms with E-state index in [0.717, 1.165) is 18.0 Å². The Kier molecular flexibility index (Phi) is 3.42. The number of nitrogens with zero attached hydrogens (tertiary/aromatic N) is 1. The second kappa shape index (κ2) is 5.21. The third-order valence-electron chi connectivity index (χ3n) is 4.06. The number of fused-ring (bicyclic) bond motifs is 1. The zero-order valence-electron chi connectivity index (χ0n) is 11.3. The van der Waals surface area contributed by atoms with Gasteiger partial charge in [-0.3, -0.25) is 4.79 Å². The van der Waals surface area contributed by atoms with Gasteiger partial charge in [-0.25, -0.2) is 0 Å². The second-order valence-corrected chi connectivity index (χ2v) is 5.41. The summed E-state index contributed by atoms with van der Waals surface area (Å²) in [5, 5.41) is 3.59. The van der Waals surface area contributed by atoms with Gasteiger partial charge in [-0.1, -0.05) is 18.9 Å². The maximum Gasteiger partial charge on any atom is 0.264 e. The molecule has 1 heterocycles. The van der Waals surface area contributed by atoms with E-state index in [4.69, 9.17) is 4.74 Å². The molecule has 1 aliphatic heterocycles. The van der Waals surface area contributed by atoms with E-state index in [0.29, 0.717) is 6.04 Å². The quantitative estimate of drug-likeness (QED) is 0.904. The van der Waals surface area contributed by atoms with Gasteiger partial charge in [0.15, 0.2) is 6.61 Å². The number of rotatable bonds is 3. The SMILES string of the molecule is CN1C(=O)COc2ccc(CNC3CCCC3)cc21. The van der Waals surface area contributed by atoms with Gasteiger partial charge in [0.2, 0.25) is 0 Å². The molecular formula is C15H20N2O2. The van der Waals surface area contributed by atoms with E-state index >= 15 is 0 Å². The summed E-state index contributed by atoms with van der Waals surface area (Å²) in [5.74, 6) is 0.806. The van der Waals surface area contributed by atoms with Crippen molar-refractivity contribution in [2.45, 2.75) is 38.3 Å². The molecule has 1 saturated carbocycles. The van der Waals surface area contributed by atoms with E-state index in [1.54, 1.807) is 11.9 Å². The van der Waals surface area contributed by atoms with Crippen molar-refractivity contribution in [3.63, 3.8) is 0 Å². The number of carbonyl (C=O) groups is 1. The Morgan fingerprint density at radius 1 is 1.37 bits per heavy atom. The summed E-state index contributed by atoms with van der Waals surface area (Å²) in [6.45, 7) is 1.00. The summed E-state index contributed by atoms with van der Waals surface area (Å²) in [5.41, 5.74) is 2.08. The Morgan fingerprint density at radius 3 is 2.95 bits per heavy atom. The number of nitrogens with one attached hydrogen (secondary N) is 1. The number of anilines is 1. The number of benzene rings is 1. The van der Waals surface area contributed by atoms with Crippen LogP contribution in [-0.2, 0) is 11.3 Å². The monoisotopic (exact) mass is 260 g/mol. The maximum atomic E-state index is 11.6. The topological polar surface area (TPSA) is 41.6 Å². The predicted octanol–water partition coefficient (Wildman–Crippen LogP) is 2.07. The summed E-state index contributed by atoms with van der Waals surface area (Å²) in [6, 6.07) is 6.74. The highest BCUT2D eigenvalue weighted by atomic mass is 16.5. The van der Waals surface area contributed by atoms with E-state index in [-0.39, 0.29) is 12.5 Å². The molecule has 1 fully saturated rings. The van der Waals surface area contributed by atoms with E-state index in [2.05, 4.69) is 11.4 Å². The summed E-state index contributed by atoms with van der Waals surface area (Å²) in [6.07, 6.45) is 5.25. The first-order valence-corrected chi connectivity index (χ1v) is 7.00. The van der Waals surface area contributed by atoms with Crippen molar-refractivity contribution >= 4 is 11.6 Å². The van der Waals surface area contributed by atoms with Crippen molar-refractivity contribution in [2.24, 2.45) is 0 Å². The van der Waals surface area contributed by atoms with Crippen molar-refractivity contribution in [3.05, 3.63) is 23.8 Å². The molecule has 1 amide bonds. The molecule has 19 heavy (non-hydrogen) atoms. The molecule has 102 valence electrons. The van der Waals surface area contributed by atoms with Crippen LogP contribution in [0.25, 0.3) is 0 Å². The molecule has 0 atom stereocenters. The minimum Gasteiger partial charge on any atom is -0.482 e.